The van der Waals surface area contributed by atoms with Gasteiger partial charge in [0.15, 0.2) is 5.65 Å². The lowest BCUT2D eigenvalue weighted by Crippen LogP contribution is -2.14. The van der Waals surface area contributed by atoms with E-state index in [9.17, 15) is 0 Å². The molecule has 4 aromatic rings. The quantitative estimate of drug-likeness (QED) is 0.546. The van der Waals surface area contributed by atoms with Gasteiger partial charge in [0, 0.05) is 30.0 Å². The lowest BCUT2D eigenvalue weighted by molar-refractivity contribution is 0.548. The van der Waals surface area contributed by atoms with Crippen molar-refractivity contribution in [3.63, 3.8) is 0 Å². The Balaban J connectivity index is 1.37. The minimum Gasteiger partial charge on any atom is -0.456 e. The second-order valence-corrected chi connectivity index (χ2v) is 7.48. The number of aromatic nitrogens is 3. The highest BCUT2D eigenvalue weighted by Gasteiger charge is 2.14. The molecule has 6 nitrogen and oxygen atoms in total. The normalized spacial score (nSPS) is 17.7. The minimum absolute atomic E-state index is 0.301. The van der Waals surface area contributed by atoms with Gasteiger partial charge in [-0.15, -0.1) is 0 Å². The van der Waals surface area contributed by atoms with Gasteiger partial charge in [0.05, 0.1) is 11.9 Å². The number of pyridine rings is 1. The summed E-state index contributed by atoms with van der Waals surface area (Å²) in [7, 11) is 0. The van der Waals surface area contributed by atoms with Crippen LogP contribution in [0.1, 0.15) is 37.9 Å². The Hall–Kier alpha value is -3.15. The molecule has 0 radical (unpaired) electrons. The van der Waals surface area contributed by atoms with Crippen LogP contribution in [0.15, 0.2) is 52.0 Å². The van der Waals surface area contributed by atoms with Crippen LogP contribution >= 0.6 is 0 Å². The van der Waals surface area contributed by atoms with Crippen LogP contribution in [0.25, 0.3) is 33.5 Å². The number of aromatic amines is 1. The number of rotatable bonds is 4. The lowest BCUT2D eigenvalue weighted by atomic mass is 10.1. The highest BCUT2D eigenvalue weighted by atomic mass is 16.3. The van der Waals surface area contributed by atoms with Crippen LogP contribution in [0.2, 0.25) is 0 Å². The van der Waals surface area contributed by atoms with Crippen LogP contribution in [0, 0.1) is 0 Å². The third kappa shape index (κ3) is 3.38. The van der Waals surface area contributed by atoms with Crippen LogP contribution in [0.3, 0.4) is 0 Å². The third-order valence-corrected chi connectivity index (χ3v) is 5.38. The molecule has 6 heteroatoms. The summed E-state index contributed by atoms with van der Waals surface area (Å²) < 4.78 is 5.95. The molecule has 0 amide bonds. The number of H-pyrrole nitrogens is 1. The maximum Gasteiger partial charge on any atom is 0.157 e. The van der Waals surface area contributed by atoms with Crippen LogP contribution in [-0.2, 0) is 6.42 Å². The number of aryl methyl sites for hydroxylation is 1. The number of fused-ring (bicyclic) bond motifs is 2. The predicted octanol–water partition coefficient (Wildman–Crippen LogP) is 4.60. The Kier molecular flexibility index (Phi) is 4.31. The largest absolute Gasteiger partial charge is 0.456 e. The van der Waals surface area contributed by atoms with Gasteiger partial charge >= 0.3 is 0 Å². The molecule has 28 heavy (non-hydrogen) atoms. The smallest absolute Gasteiger partial charge is 0.157 e. The van der Waals surface area contributed by atoms with Crippen LogP contribution in [0.5, 0.6) is 0 Å². The van der Waals surface area contributed by atoms with E-state index in [0.29, 0.717) is 6.04 Å². The standard InChI is InChI=1S/C22H23N5O/c23-20-8-4-2-6-16(25-20)9-10-21-26-17-11-15(13-24-22(17)27-21)19-12-14-5-1-3-7-18(14)28-19/h1,3,5,7,11-13,16H,2,4,6,8-10H2,(H2,23,25)(H,24,26,27). The molecule has 1 unspecified atom stereocenters. The molecule has 142 valence electrons. The fraction of sp³-hybridized carbons (Fsp3) is 0.318. The van der Waals surface area contributed by atoms with Crippen molar-refractivity contribution in [2.45, 2.75) is 44.6 Å². The second-order valence-electron chi connectivity index (χ2n) is 7.48. The average molecular weight is 373 g/mol. The Morgan fingerprint density at radius 1 is 1.18 bits per heavy atom. The molecule has 1 aliphatic heterocycles. The first-order valence-corrected chi connectivity index (χ1v) is 9.90. The molecule has 0 spiro atoms. The number of hydrogen-bond donors (Lipinski definition) is 2. The van der Waals surface area contributed by atoms with E-state index in [-0.39, 0.29) is 0 Å². The van der Waals surface area contributed by atoms with E-state index in [1.165, 1.54) is 6.42 Å². The van der Waals surface area contributed by atoms with Gasteiger partial charge in [0.25, 0.3) is 0 Å². The minimum atomic E-state index is 0.301. The summed E-state index contributed by atoms with van der Waals surface area (Å²) in [6.07, 6.45) is 8.00. The number of para-hydroxylation sites is 1. The highest BCUT2D eigenvalue weighted by molar-refractivity contribution is 5.84. The molecule has 0 fully saturated rings. The number of furan rings is 1. The van der Waals surface area contributed by atoms with Gasteiger partial charge < -0.3 is 15.1 Å². The number of aliphatic imine (C=N–C) groups is 1. The van der Waals surface area contributed by atoms with E-state index in [1.807, 2.05) is 42.6 Å². The molecule has 5 rings (SSSR count). The Morgan fingerprint density at radius 2 is 2.11 bits per heavy atom. The lowest BCUT2D eigenvalue weighted by Gasteiger charge is -2.09. The van der Waals surface area contributed by atoms with Gasteiger partial charge in [-0.25, -0.2) is 9.97 Å². The molecule has 1 aliphatic rings. The zero-order valence-corrected chi connectivity index (χ0v) is 15.7. The molecule has 0 aliphatic carbocycles. The van der Waals surface area contributed by atoms with Gasteiger partial charge in [-0.3, -0.25) is 4.99 Å². The Morgan fingerprint density at radius 3 is 3.04 bits per heavy atom. The third-order valence-electron chi connectivity index (χ3n) is 5.38. The molecule has 3 N–H and O–H groups in total. The number of imidazole rings is 1. The van der Waals surface area contributed by atoms with Crippen LogP contribution in [-0.4, -0.2) is 26.8 Å². The molecular formula is C22H23N5O. The SMILES string of the molecule is NC1=NC(CCc2nc3cc(-c4cc5ccccc5o4)cnc3[nH]2)CCCC1. The van der Waals surface area contributed by atoms with E-state index in [4.69, 9.17) is 15.1 Å². The first-order chi connectivity index (χ1) is 13.7. The Labute approximate surface area is 162 Å². The van der Waals surface area contributed by atoms with E-state index < -0.39 is 0 Å². The monoisotopic (exact) mass is 373 g/mol. The van der Waals surface area contributed by atoms with E-state index in [1.54, 1.807) is 0 Å². The fourth-order valence-electron chi connectivity index (χ4n) is 3.88. The van der Waals surface area contributed by atoms with Crippen molar-refractivity contribution < 1.29 is 4.42 Å². The molecule has 0 saturated carbocycles. The molecule has 4 heterocycles. The molecular weight excluding hydrogens is 350 g/mol. The molecule has 0 saturated heterocycles. The summed E-state index contributed by atoms with van der Waals surface area (Å²) in [5.41, 5.74) is 9.44. The first-order valence-electron chi connectivity index (χ1n) is 9.90. The summed E-state index contributed by atoms with van der Waals surface area (Å²) in [5, 5.41) is 1.09. The molecule has 1 atom stereocenters. The summed E-state index contributed by atoms with van der Waals surface area (Å²) >= 11 is 0. The van der Waals surface area contributed by atoms with Crippen LogP contribution in [0.4, 0.5) is 0 Å². The van der Waals surface area contributed by atoms with Crippen LogP contribution < -0.4 is 5.73 Å². The topological polar surface area (TPSA) is 93.1 Å². The van der Waals surface area contributed by atoms with Crippen molar-refractivity contribution in [2.75, 3.05) is 0 Å². The zero-order chi connectivity index (χ0) is 18.9. The van der Waals surface area contributed by atoms with Crippen molar-refractivity contribution in [3.8, 4) is 11.3 Å². The van der Waals surface area contributed by atoms with E-state index in [2.05, 4.69) is 15.0 Å². The number of nitrogens with two attached hydrogens (primary N) is 1. The number of nitrogens with zero attached hydrogens (tertiary/aromatic N) is 3. The maximum absolute atomic E-state index is 5.96. The van der Waals surface area contributed by atoms with Crippen molar-refractivity contribution in [1.29, 1.82) is 0 Å². The number of nitrogens with one attached hydrogen (secondary N) is 1. The Bertz CT molecular complexity index is 1120. The fourth-order valence-corrected chi connectivity index (χ4v) is 3.88. The summed E-state index contributed by atoms with van der Waals surface area (Å²) in [5.74, 6) is 2.55. The van der Waals surface area contributed by atoms with Crippen molar-refractivity contribution in [2.24, 2.45) is 10.7 Å². The van der Waals surface area contributed by atoms with E-state index >= 15 is 0 Å². The van der Waals surface area contributed by atoms with Gasteiger partial charge in [-0.1, -0.05) is 24.6 Å². The van der Waals surface area contributed by atoms with Gasteiger partial charge in [0.1, 0.15) is 22.7 Å². The number of benzene rings is 1. The van der Waals surface area contributed by atoms with Crippen molar-refractivity contribution in [3.05, 3.63) is 48.4 Å². The van der Waals surface area contributed by atoms with Gasteiger partial charge in [-0.2, -0.15) is 0 Å². The first kappa shape index (κ1) is 17.0. The summed E-state index contributed by atoms with van der Waals surface area (Å²) in [6, 6.07) is 12.4. The zero-order valence-electron chi connectivity index (χ0n) is 15.7. The number of amidine groups is 1. The summed E-state index contributed by atoms with van der Waals surface area (Å²) in [4.78, 5) is 17.3. The van der Waals surface area contributed by atoms with E-state index in [0.717, 1.165) is 77.2 Å². The molecule has 1 aromatic carbocycles. The maximum atomic E-state index is 5.96. The molecule has 3 aromatic heterocycles. The van der Waals surface area contributed by atoms with Gasteiger partial charge in [-0.05, 0) is 37.5 Å². The predicted molar refractivity (Wildman–Crippen MR) is 111 cm³/mol. The van der Waals surface area contributed by atoms with Gasteiger partial charge in [0.2, 0.25) is 0 Å². The number of hydrogen-bond acceptors (Lipinski definition) is 5. The summed E-state index contributed by atoms with van der Waals surface area (Å²) in [6.45, 7) is 0. The molecule has 0 bridgehead atoms. The second kappa shape index (κ2) is 7.11. The average Bonchev–Trinajstić information content (AvgIpc) is 3.26. The van der Waals surface area contributed by atoms with Crippen molar-refractivity contribution >= 4 is 28.0 Å². The highest BCUT2D eigenvalue weighted by Crippen LogP contribution is 2.28. The van der Waals surface area contributed by atoms with Crippen molar-refractivity contribution in [1.82, 2.24) is 15.0 Å².